The maximum Gasteiger partial charge on any atom is 0.260 e. The van der Waals surface area contributed by atoms with Crippen molar-refractivity contribution in [3.63, 3.8) is 0 Å². The molecule has 1 aromatic rings. The lowest BCUT2D eigenvalue weighted by molar-refractivity contribution is -0.114. The fourth-order valence-corrected chi connectivity index (χ4v) is 6.89. The summed E-state index contributed by atoms with van der Waals surface area (Å²) < 4.78 is 0.799. The number of hydrogen-bond acceptors (Lipinski definition) is 7. The normalized spacial score (nSPS) is 13.0. The second kappa shape index (κ2) is 11.9. The van der Waals surface area contributed by atoms with Gasteiger partial charge in [0.2, 0.25) is 5.91 Å². The topological polar surface area (TPSA) is 173 Å². The highest BCUT2D eigenvalue weighted by atomic mass is 127. The van der Waals surface area contributed by atoms with Crippen molar-refractivity contribution < 1.29 is 34.8 Å². The smallest absolute Gasteiger partial charge is 0.260 e. The molecular weight excluding hydrogens is 727 g/mol. The number of benzene rings is 1. The Bertz CT molecular complexity index is 795. The van der Waals surface area contributed by atoms with Gasteiger partial charge in [-0.15, -0.1) is 0 Å². The molecule has 0 aromatic heterocycles. The third kappa shape index (κ3) is 6.33. The highest BCUT2D eigenvalue weighted by Crippen LogP contribution is 2.36. The Morgan fingerprint density at radius 1 is 0.966 bits per heavy atom. The number of hydrogen-bond donors (Lipinski definition) is 6. The maximum atomic E-state index is 13.3. The van der Waals surface area contributed by atoms with Crippen LogP contribution in [-0.4, -0.2) is 68.7 Å². The van der Waals surface area contributed by atoms with E-state index < -0.39 is 43.4 Å². The fraction of sp³-hybridized carbons (Fsp3) is 0.438. The van der Waals surface area contributed by atoms with Gasteiger partial charge in [0.25, 0.3) is 11.8 Å². The van der Waals surface area contributed by atoms with Crippen molar-refractivity contribution in [2.45, 2.75) is 32.2 Å². The molecule has 0 aliphatic rings. The van der Waals surface area contributed by atoms with E-state index in [0.29, 0.717) is 8.47 Å². The third-order valence-corrected chi connectivity index (χ3v) is 6.97. The van der Waals surface area contributed by atoms with Crippen LogP contribution in [0, 0.1) is 10.7 Å². The molecule has 2 unspecified atom stereocenters. The molecule has 0 saturated heterocycles. The van der Waals surface area contributed by atoms with Crippen LogP contribution in [0.4, 0.5) is 5.69 Å². The molecule has 3 amide bonds. The Morgan fingerprint density at radius 3 is 1.79 bits per heavy atom. The van der Waals surface area contributed by atoms with Crippen molar-refractivity contribution in [3.8, 4) is 0 Å². The van der Waals surface area contributed by atoms with Crippen LogP contribution in [0.2, 0.25) is 0 Å². The lowest BCUT2D eigenvalue weighted by Crippen LogP contribution is -2.48. The summed E-state index contributed by atoms with van der Waals surface area (Å²) in [6.45, 7) is 0.348. The van der Waals surface area contributed by atoms with Crippen LogP contribution in [0.5, 0.6) is 0 Å². The predicted octanol–water partition coefficient (Wildman–Crippen LogP) is 0.402. The van der Waals surface area contributed by atoms with Crippen LogP contribution >= 0.6 is 67.8 Å². The Morgan fingerprint density at radius 2 is 1.41 bits per heavy atom. The summed E-state index contributed by atoms with van der Waals surface area (Å²) in [6.07, 6.45) is -3.60. The molecule has 0 spiro atoms. The fourth-order valence-electron chi connectivity index (χ4n) is 2.46. The van der Waals surface area contributed by atoms with Crippen molar-refractivity contribution >= 4 is 91.2 Å². The van der Waals surface area contributed by atoms with Crippen molar-refractivity contribution in [2.75, 3.05) is 18.5 Å². The molecule has 0 aliphatic heterocycles. The maximum absolute atomic E-state index is 13.3. The van der Waals surface area contributed by atoms with Crippen molar-refractivity contribution in [1.29, 1.82) is 0 Å². The number of aliphatic hydroxyl groups excluding tert-OH is 4. The number of aliphatic hydroxyl groups is 4. The molecule has 162 valence electrons. The summed E-state index contributed by atoms with van der Waals surface area (Å²) in [7, 11) is 0. The molecule has 10 nitrogen and oxygen atoms in total. The number of halogens is 3. The molecular formula is C16H20I3N3O7. The SMILES string of the molecule is CC(=O)Nc1c(I)c(C(N)=O)c(I)c(C(=O)N(C(O)CCO)C(O)CCO)c1I. The summed E-state index contributed by atoms with van der Waals surface area (Å²) in [6, 6.07) is 0. The summed E-state index contributed by atoms with van der Waals surface area (Å²) >= 11 is 5.42. The first-order chi connectivity index (χ1) is 13.5. The Balaban J connectivity index is 3.75. The summed E-state index contributed by atoms with van der Waals surface area (Å²) in [5, 5.41) is 41.4. The minimum atomic E-state index is -1.55. The number of nitrogens with two attached hydrogens (primary N) is 1. The number of amides is 3. The number of carbonyl (C=O) groups is 3. The zero-order valence-corrected chi connectivity index (χ0v) is 21.6. The van der Waals surface area contributed by atoms with Crippen molar-refractivity contribution in [2.24, 2.45) is 5.73 Å². The minimum Gasteiger partial charge on any atom is -0.396 e. The van der Waals surface area contributed by atoms with Crippen LogP contribution in [-0.2, 0) is 4.79 Å². The molecule has 0 radical (unpaired) electrons. The monoisotopic (exact) mass is 747 g/mol. The molecule has 0 heterocycles. The van der Waals surface area contributed by atoms with Crippen molar-refractivity contribution in [3.05, 3.63) is 21.8 Å². The standard InChI is InChI=1S/C16H20I3N3O7/c1-6(25)21-14-12(18)9(15(20)28)11(17)10(13(14)19)16(29)22(7(26)2-4-23)8(27)3-5-24/h7-8,23-24,26-27H,2-5H2,1H3,(H2,20,28)(H,21,25). The van der Waals surface area contributed by atoms with Gasteiger partial charge in [0.05, 0.1) is 24.0 Å². The molecule has 0 fully saturated rings. The van der Waals surface area contributed by atoms with Gasteiger partial charge in [0.15, 0.2) is 0 Å². The molecule has 29 heavy (non-hydrogen) atoms. The van der Waals surface area contributed by atoms with Gasteiger partial charge >= 0.3 is 0 Å². The number of nitrogens with zero attached hydrogens (tertiary/aromatic N) is 1. The predicted molar refractivity (Wildman–Crippen MR) is 129 cm³/mol. The van der Waals surface area contributed by atoms with E-state index in [0.717, 1.165) is 0 Å². The first-order valence-corrected chi connectivity index (χ1v) is 11.4. The van der Waals surface area contributed by atoms with Gasteiger partial charge in [-0.25, -0.2) is 0 Å². The zero-order chi connectivity index (χ0) is 22.5. The van der Waals surface area contributed by atoms with Crippen LogP contribution in [0.25, 0.3) is 0 Å². The number of primary amides is 1. The highest BCUT2D eigenvalue weighted by Gasteiger charge is 2.34. The second-order valence-corrected chi connectivity index (χ2v) is 9.05. The van der Waals surface area contributed by atoms with E-state index in [9.17, 15) is 24.6 Å². The van der Waals surface area contributed by atoms with Crippen LogP contribution in [0.15, 0.2) is 0 Å². The average Bonchev–Trinajstić information content (AvgIpc) is 2.58. The van der Waals surface area contributed by atoms with E-state index in [2.05, 4.69) is 5.32 Å². The van der Waals surface area contributed by atoms with Gasteiger partial charge in [-0.2, -0.15) is 0 Å². The van der Waals surface area contributed by atoms with Crippen LogP contribution < -0.4 is 11.1 Å². The third-order valence-electron chi connectivity index (χ3n) is 3.73. The van der Waals surface area contributed by atoms with Gasteiger partial charge < -0.3 is 31.5 Å². The van der Waals surface area contributed by atoms with Crippen molar-refractivity contribution in [1.82, 2.24) is 4.90 Å². The second-order valence-electron chi connectivity index (χ2n) is 5.81. The lowest BCUT2D eigenvalue weighted by Gasteiger charge is -2.33. The molecule has 1 rings (SSSR count). The zero-order valence-electron chi connectivity index (χ0n) is 15.2. The summed E-state index contributed by atoms with van der Waals surface area (Å²) in [5.74, 6) is -2.12. The molecule has 7 N–H and O–H groups in total. The van der Waals surface area contributed by atoms with E-state index in [1.807, 2.05) is 45.2 Å². The van der Waals surface area contributed by atoms with Gasteiger partial charge in [-0.05, 0) is 67.8 Å². The van der Waals surface area contributed by atoms with Gasteiger partial charge in [-0.1, -0.05) is 0 Å². The molecule has 2 atom stereocenters. The number of anilines is 1. The average molecular weight is 747 g/mol. The van der Waals surface area contributed by atoms with Crippen LogP contribution in [0.3, 0.4) is 0 Å². The molecule has 0 aliphatic carbocycles. The first-order valence-electron chi connectivity index (χ1n) is 8.17. The number of rotatable bonds is 9. The largest absolute Gasteiger partial charge is 0.396 e. The molecule has 13 heteroatoms. The van der Waals surface area contributed by atoms with E-state index in [1.165, 1.54) is 6.92 Å². The number of nitrogens with one attached hydrogen (secondary N) is 1. The van der Waals surface area contributed by atoms with Gasteiger partial charge in [0, 0.05) is 36.5 Å². The van der Waals surface area contributed by atoms with E-state index in [1.54, 1.807) is 22.6 Å². The molecule has 0 saturated carbocycles. The number of carbonyl (C=O) groups excluding carboxylic acids is 3. The highest BCUT2D eigenvalue weighted by molar-refractivity contribution is 14.1. The van der Waals surface area contributed by atoms with E-state index in [-0.39, 0.29) is 36.8 Å². The molecule has 0 bridgehead atoms. The quantitative estimate of drug-likeness (QED) is 0.157. The molecule has 1 aromatic carbocycles. The van der Waals surface area contributed by atoms with Gasteiger partial charge in [-0.3, -0.25) is 19.3 Å². The van der Waals surface area contributed by atoms with Gasteiger partial charge in [0.1, 0.15) is 12.5 Å². The Kier molecular flexibility index (Phi) is 10.9. The Labute approximate surface area is 207 Å². The van der Waals surface area contributed by atoms with E-state index >= 15 is 0 Å². The lowest BCUT2D eigenvalue weighted by atomic mass is 10.1. The van der Waals surface area contributed by atoms with Crippen LogP contribution in [0.1, 0.15) is 40.5 Å². The van der Waals surface area contributed by atoms with E-state index in [4.69, 9.17) is 15.9 Å². The summed E-state index contributed by atoms with van der Waals surface area (Å²) in [4.78, 5) is 37.7. The first kappa shape index (κ1) is 26.7. The minimum absolute atomic E-state index is 0.00645. The Hall–Kier alpha value is -0.340. The summed E-state index contributed by atoms with van der Waals surface area (Å²) in [5.41, 5.74) is 5.62.